The lowest BCUT2D eigenvalue weighted by atomic mass is 10.1. The van der Waals surface area contributed by atoms with Gasteiger partial charge in [-0.2, -0.15) is 9.10 Å². The molecule has 13 heteroatoms. The van der Waals surface area contributed by atoms with Crippen molar-refractivity contribution in [3.8, 4) is 17.1 Å². The van der Waals surface area contributed by atoms with Gasteiger partial charge in [-0.1, -0.05) is 12.1 Å². The molecule has 0 radical (unpaired) electrons. The van der Waals surface area contributed by atoms with Gasteiger partial charge in [0.05, 0.1) is 6.61 Å². The molecule has 0 atom stereocenters. The van der Waals surface area contributed by atoms with Gasteiger partial charge in [0.1, 0.15) is 17.2 Å². The Bertz CT molecular complexity index is 1330. The van der Waals surface area contributed by atoms with Crippen LogP contribution in [0.15, 0.2) is 47.4 Å². The standard InChI is InChI=1S/C22H25N7O5S/c1-2-34-18-10-9-17(13-19(18)35(32,33)28-11-3-4-12-28)24-20(30)14-29-26-22(25-27-29)16-7-5-15(6-8-16)21(23)31/h5-10,13H,2-4,11-12,14H2,1H3,(H2,23,31)(H,24,30). The summed E-state index contributed by atoms with van der Waals surface area (Å²) < 4.78 is 33.2. The molecule has 0 unspecified atom stereocenters. The van der Waals surface area contributed by atoms with Crippen molar-refractivity contribution in [1.82, 2.24) is 24.5 Å². The third-order valence-corrected chi connectivity index (χ3v) is 7.30. The Morgan fingerprint density at radius 1 is 1.11 bits per heavy atom. The molecule has 3 aromatic rings. The molecule has 0 aliphatic carbocycles. The van der Waals surface area contributed by atoms with Gasteiger partial charge in [0.15, 0.2) is 0 Å². The van der Waals surface area contributed by atoms with Crippen molar-refractivity contribution in [1.29, 1.82) is 0 Å². The molecule has 3 N–H and O–H groups in total. The Hall–Kier alpha value is -3.84. The molecular formula is C22H25N7O5S. The van der Waals surface area contributed by atoms with Crippen molar-refractivity contribution >= 4 is 27.5 Å². The van der Waals surface area contributed by atoms with Gasteiger partial charge in [-0.15, -0.1) is 10.2 Å². The van der Waals surface area contributed by atoms with Crippen molar-refractivity contribution in [2.24, 2.45) is 5.73 Å². The average Bonchev–Trinajstić information content (AvgIpc) is 3.53. The van der Waals surface area contributed by atoms with Crippen LogP contribution in [0, 0.1) is 0 Å². The maximum Gasteiger partial charge on any atom is 0.248 e. The Morgan fingerprint density at radius 2 is 1.83 bits per heavy atom. The number of ether oxygens (including phenoxy) is 1. The molecule has 0 spiro atoms. The van der Waals surface area contributed by atoms with E-state index in [4.69, 9.17) is 10.5 Å². The second-order valence-electron chi connectivity index (χ2n) is 7.84. The van der Waals surface area contributed by atoms with Crippen LogP contribution in [0.1, 0.15) is 30.1 Å². The molecule has 2 aromatic carbocycles. The van der Waals surface area contributed by atoms with Gasteiger partial charge in [-0.25, -0.2) is 8.42 Å². The molecule has 4 rings (SSSR count). The zero-order chi connectivity index (χ0) is 25.0. The number of carbonyl (C=O) groups excluding carboxylic acids is 2. The van der Waals surface area contributed by atoms with Crippen LogP contribution in [-0.2, 0) is 21.4 Å². The van der Waals surface area contributed by atoms with Crippen LogP contribution in [0.2, 0.25) is 0 Å². The first-order chi connectivity index (χ1) is 16.8. The molecule has 184 valence electrons. The van der Waals surface area contributed by atoms with Crippen LogP contribution >= 0.6 is 0 Å². The van der Waals surface area contributed by atoms with Crippen molar-refractivity contribution in [2.45, 2.75) is 31.2 Å². The number of sulfonamides is 1. The normalized spacial score (nSPS) is 14.1. The van der Waals surface area contributed by atoms with Crippen LogP contribution in [0.5, 0.6) is 5.75 Å². The summed E-state index contributed by atoms with van der Waals surface area (Å²) in [6.07, 6.45) is 1.61. The predicted octanol–water partition coefficient (Wildman–Crippen LogP) is 1.26. The van der Waals surface area contributed by atoms with Crippen molar-refractivity contribution in [3.63, 3.8) is 0 Å². The molecule has 1 aliphatic heterocycles. The number of primary amides is 1. The van der Waals surface area contributed by atoms with Crippen LogP contribution in [0.4, 0.5) is 5.69 Å². The van der Waals surface area contributed by atoms with Gasteiger partial charge < -0.3 is 15.8 Å². The molecule has 0 bridgehead atoms. The van der Waals surface area contributed by atoms with E-state index in [1.54, 1.807) is 37.3 Å². The van der Waals surface area contributed by atoms with Gasteiger partial charge >= 0.3 is 0 Å². The summed E-state index contributed by atoms with van der Waals surface area (Å²) in [6.45, 7) is 2.74. The third-order valence-electron chi connectivity index (χ3n) is 5.38. The minimum atomic E-state index is -3.76. The van der Waals surface area contributed by atoms with E-state index >= 15 is 0 Å². The average molecular weight is 500 g/mol. The topological polar surface area (TPSA) is 162 Å². The number of carbonyl (C=O) groups is 2. The summed E-state index contributed by atoms with van der Waals surface area (Å²) in [5.41, 5.74) is 6.49. The van der Waals surface area contributed by atoms with E-state index in [1.165, 1.54) is 16.4 Å². The molecule has 2 amide bonds. The van der Waals surface area contributed by atoms with Gasteiger partial charge in [0.25, 0.3) is 0 Å². The van der Waals surface area contributed by atoms with Crippen LogP contribution < -0.4 is 15.8 Å². The van der Waals surface area contributed by atoms with E-state index < -0.39 is 21.8 Å². The molecule has 1 saturated heterocycles. The molecule has 0 saturated carbocycles. The fourth-order valence-electron chi connectivity index (χ4n) is 3.67. The summed E-state index contributed by atoms with van der Waals surface area (Å²) in [5, 5.41) is 14.7. The summed E-state index contributed by atoms with van der Waals surface area (Å²) in [4.78, 5) is 24.9. The van der Waals surface area contributed by atoms with E-state index in [0.717, 1.165) is 17.6 Å². The number of hydrogen-bond acceptors (Lipinski definition) is 8. The van der Waals surface area contributed by atoms with E-state index in [-0.39, 0.29) is 23.0 Å². The van der Waals surface area contributed by atoms with Crippen molar-refractivity contribution in [3.05, 3.63) is 48.0 Å². The monoisotopic (exact) mass is 499 g/mol. The molecular weight excluding hydrogens is 474 g/mol. The SMILES string of the molecule is CCOc1ccc(NC(=O)Cn2nnc(-c3ccc(C(N)=O)cc3)n2)cc1S(=O)(=O)N1CCCC1. The summed E-state index contributed by atoms with van der Waals surface area (Å²) in [5.74, 6) is -0.501. The molecule has 2 heterocycles. The van der Waals surface area contributed by atoms with Crippen LogP contribution in [-0.4, -0.2) is 64.4 Å². The molecule has 1 fully saturated rings. The fraction of sp³-hybridized carbons (Fsp3) is 0.318. The largest absolute Gasteiger partial charge is 0.492 e. The Balaban J connectivity index is 1.48. The Morgan fingerprint density at radius 3 is 2.49 bits per heavy atom. The maximum atomic E-state index is 13.1. The lowest BCUT2D eigenvalue weighted by Crippen LogP contribution is -2.28. The zero-order valence-corrected chi connectivity index (χ0v) is 19.9. The van der Waals surface area contributed by atoms with E-state index in [1.807, 2.05) is 0 Å². The minimum absolute atomic E-state index is 0.0135. The molecule has 1 aromatic heterocycles. The van der Waals surface area contributed by atoms with Gasteiger partial charge in [0.2, 0.25) is 27.7 Å². The Kier molecular flexibility index (Phi) is 7.07. The third kappa shape index (κ3) is 5.46. The molecule has 35 heavy (non-hydrogen) atoms. The first kappa shape index (κ1) is 24.3. The number of aromatic nitrogens is 4. The number of anilines is 1. The van der Waals surface area contributed by atoms with E-state index in [2.05, 4.69) is 20.7 Å². The number of benzene rings is 2. The van der Waals surface area contributed by atoms with Crippen LogP contribution in [0.25, 0.3) is 11.4 Å². The maximum absolute atomic E-state index is 13.1. The van der Waals surface area contributed by atoms with Crippen LogP contribution in [0.3, 0.4) is 0 Å². The Labute approximate surface area is 202 Å². The molecule has 1 aliphatic rings. The number of nitrogens with two attached hydrogens (primary N) is 1. The summed E-state index contributed by atoms with van der Waals surface area (Å²) in [6, 6.07) is 10.9. The smallest absolute Gasteiger partial charge is 0.248 e. The number of nitrogens with one attached hydrogen (secondary N) is 1. The number of nitrogens with zero attached hydrogens (tertiary/aromatic N) is 5. The second kappa shape index (κ2) is 10.2. The number of amides is 2. The molecule has 12 nitrogen and oxygen atoms in total. The van der Waals surface area contributed by atoms with Crippen molar-refractivity contribution in [2.75, 3.05) is 25.0 Å². The zero-order valence-electron chi connectivity index (χ0n) is 19.0. The number of hydrogen-bond donors (Lipinski definition) is 2. The van der Waals surface area contributed by atoms with E-state index in [9.17, 15) is 18.0 Å². The highest BCUT2D eigenvalue weighted by molar-refractivity contribution is 7.89. The minimum Gasteiger partial charge on any atom is -0.492 e. The van der Waals surface area contributed by atoms with Gasteiger partial charge in [-0.3, -0.25) is 9.59 Å². The number of tetrazole rings is 1. The lowest BCUT2D eigenvalue weighted by Gasteiger charge is -2.19. The van der Waals surface area contributed by atoms with Crippen molar-refractivity contribution < 1.29 is 22.7 Å². The predicted molar refractivity (Wildman–Crippen MR) is 126 cm³/mol. The first-order valence-corrected chi connectivity index (χ1v) is 12.5. The van der Waals surface area contributed by atoms with Gasteiger partial charge in [-0.05, 0) is 55.3 Å². The second-order valence-corrected chi connectivity index (χ2v) is 9.75. The summed E-state index contributed by atoms with van der Waals surface area (Å²) in [7, 11) is -3.76. The van der Waals surface area contributed by atoms with Gasteiger partial charge in [0, 0.05) is 29.9 Å². The number of rotatable bonds is 9. The lowest BCUT2D eigenvalue weighted by molar-refractivity contribution is -0.117. The quantitative estimate of drug-likeness (QED) is 0.444. The highest BCUT2D eigenvalue weighted by atomic mass is 32.2. The highest BCUT2D eigenvalue weighted by Gasteiger charge is 2.30. The van der Waals surface area contributed by atoms with E-state index in [0.29, 0.717) is 36.5 Å². The fourth-order valence-corrected chi connectivity index (χ4v) is 5.34. The first-order valence-electron chi connectivity index (χ1n) is 11.0. The highest BCUT2D eigenvalue weighted by Crippen LogP contribution is 2.31. The summed E-state index contributed by atoms with van der Waals surface area (Å²) >= 11 is 0.